The summed E-state index contributed by atoms with van der Waals surface area (Å²) in [5, 5.41) is 9.38. The number of amides is 1. The molecular weight excluding hydrogens is 530 g/mol. The van der Waals surface area contributed by atoms with Crippen LogP contribution in [0.5, 0.6) is 0 Å². The molecule has 5 aromatic carbocycles. The van der Waals surface area contributed by atoms with Crippen molar-refractivity contribution in [2.45, 2.75) is 38.3 Å². The van der Waals surface area contributed by atoms with E-state index in [0.717, 1.165) is 41.5 Å². The number of aryl methyl sites for hydroxylation is 1. The molecule has 0 fully saturated rings. The second kappa shape index (κ2) is 12.9. The molecule has 0 heterocycles. The van der Waals surface area contributed by atoms with Crippen LogP contribution in [0.4, 0.5) is 0 Å². The van der Waals surface area contributed by atoms with Gasteiger partial charge in [-0.25, -0.2) is 4.79 Å². The van der Waals surface area contributed by atoms with E-state index in [1.165, 1.54) is 16.7 Å². The normalized spacial score (nSPS) is 15.8. The average molecular weight is 566 g/mol. The van der Waals surface area contributed by atoms with Crippen molar-refractivity contribution in [3.8, 4) is 11.1 Å². The van der Waals surface area contributed by atoms with E-state index in [1.54, 1.807) is 18.2 Å². The number of hydrogen-bond acceptors (Lipinski definition) is 2. The number of nitrogens with zero attached hydrogens (tertiary/aromatic N) is 1. The zero-order valence-electron chi connectivity index (χ0n) is 24.1. The third kappa shape index (κ3) is 6.60. The van der Waals surface area contributed by atoms with Gasteiger partial charge in [0.2, 0.25) is 5.91 Å². The second-order valence-corrected chi connectivity index (χ2v) is 11.4. The average Bonchev–Trinajstić information content (AvgIpc) is 3.05. The van der Waals surface area contributed by atoms with E-state index in [-0.39, 0.29) is 17.5 Å². The number of benzene rings is 5. The number of rotatable bonds is 9. The summed E-state index contributed by atoms with van der Waals surface area (Å²) in [5.74, 6) is -0.546. The molecule has 2 unspecified atom stereocenters. The van der Waals surface area contributed by atoms with Crippen LogP contribution in [0, 0.1) is 5.92 Å². The molecule has 0 aliphatic heterocycles. The summed E-state index contributed by atoms with van der Waals surface area (Å²) in [6, 6.07) is 44.3. The molecule has 1 amide bonds. The van der Waals surface area contributed by atoms with Gasteiger partial charge in [-0.1, -0.05) is 121 Å². The van der Waals surface area contributed by atoms with E-state index < -0.39 is 5.97 Å². The number of carbonyl (C=O) groups is 2. The molecule has 4 nitrogen and oxygen atoms in total. The Bertz CT molecular complexity index is 1700. The highest BCUT2D eigenvalue weighted by Crippen LogP contribution is 2.41. The van der Waals surface area contributed by atoms with Crippen LogP contribution in [0.2, 0.25) is 0 Å². The quantitative estimate of drug-likeness (QED) is 0.196. The molecule has 214 valence electrons. The first-order chi connectivity index (χ1) is 21.0. The highest BCUT2D eigenvalue weighted by Gasteiger charge is 2.36. The van der Waals surface area contributed by atoms with Crippen LogP contribution in [-0.4, -0.2) is 21.9 Å². The van der Waals surface area contributed by atoms with E-state index in [9.17, 15) is 14.7 Å². The zero-order valence-corrected chi connectivity index (χ0v) is 24.1. The number of fused-ring (bicyclic) bond motifs is 1. The first kappa shape index (κ1) is 28.2. The monoisotopic (exact) mass is 565 g/mol. The van der Waals surface area contributed by atoms with Crippen LogP contribution in [0.15, 0.2) is 133 Å². The molecule has 0 aromatic heterocycles. The lowest BCUT2D eigenvalue weighted by Gasteiger charge is -2.42. The predicted molar refractivity (Wildman–Crippen MR) is 171 cm³/mol. The Balaban J connectivity index is 1.32. The van der Waals surface area contributed by atoms with Crippen LogP contribution >= 0.6 is 0 Å². The molecule has 1 aliphatic rings. The summed E-state index contributed by atoms with van der Waals surface area (Å²) in [6.45, 7) is 0.546. The maximum Gasteiger partial charge on any atom is 0.335 e. The van der Waals surface area contributed by atoms with Crippen molar-refractivity contribution in [3.05, 3.63) is 167 Å². The highest BCUT2D eigenvalue weighted by atomic mass is 16.4. The number of aromatic carboxylic acids is 1. The Kier molecular flexibility index (Phi) is 8.46. The summed E-state index contributed by atoms with van der Waals surface area (Å²) in [4.78, 5) is 27.9. The molecular formula is C39H35NO3. The summed E-state index contributed by atoms with van der Waals surface area (Å²) >= 11 is 0. The molecule has 1 aliphatic carbocycles. The lowest BCUT2D eigenvalue weighted by atomic mass is 9.76. The van der Waals surface area contributed by atoms with Gasteiger partial charge in [0.05, 0.1) is 18.0 Å². The van der Waals surface area contributed by atoms with Gasteiger partial charge in [-0.05, 0) is 76.3 Å². The van der Waals surface area contributed by atoms with Crippen LogP contribution in [0.25, 0.3) is 11.1 Å². The van der Waals surface area contributed by atoms with Crippen molar-refractivity contribution in [2.24, 2.45) is 5.92 Å². The van der Waals surface area contributed by atoms with Crippen molar-refractivity contribution >= 4 is 11.9 Å². The van der Waals surface area contributed by atoms with Gasteiger partial charge in [0, 0.05) is 6.54 Å². The number of carboxylic acid groups (broad SMARTS) is 1. The van der Waals surface area contributed by atoms with Crippen LogP contribution in [0.3, 0.4) is 0 Å². The van der Waals surface area contributed by atoms with Gasteiger partial charge in [0.15, 0.2) is 0 Å². The minimum absolute atomic E-state index is 0.0316. The molecule has 1 N–H and O–H groups in total. The number of carbonyl (C=O) groups excluding carboxylic acids is 1. The first-order valence-electron chi connectivity index (χ1n) is 14.9. The predicted octanol–water partition coefficient (Wildman–Crippen LogP) is 8.17. The lowest BCUT2D eigenvalue weighted by Crippen LogP contribution is -2.41. The molecule has 6 rings (SSSR count). The molecule has 0 saturated carbocycles. The van der Waals surface area contributed by atoms with Crippen molar-refractivity contribution in [2.75, 3.05) is 0 Å². The molecule has 4 heteroatoms. The number of carboxylic acids is 1. The molecule has 0 bridgehead atoms. The van der Waals surface area contributed by atoms with Crippen LogP contribution in [-0.2, 0) is 30.6 Å². The molecule has 0 spiro atoms. The van der Waals surface area contributed by atoms with Crippen molar-refractivity contribution in [1.29, 1.82) is 0 Å². The second-order valence-electron chi connectivity index (χ2n) is 11.4. The Morgan fingerprint density at radius 1 is 0.674 bits per heavy atom. The third-order valence-corrected chi connectivity index (χ3v) is 8.55. The van der Waals surface area contributed by atoms with Crippen molar-refractivity contribution in [3.63, 3.8) is 0 Å². The van der Waals surface area contributed by atoms with E-state index in [2.05, 4.69) is 71.6 Å². The summed E-state index contributed by atoms with van der Waals surface area (Å²) < 4.78 is 0. The van der Waals surface area contributed by atoms with Gasteiger partial charge in [-0.15, -0.1) is 0 Å². The fourth-order valence-electron chi connectivity index (χ4n) is 6.40. The van der Waals surface area contributed by atoms with E-state index in [4.69, 9.17) is 0 Å². The van der Waals surface area contributed by atoms with Gasteiger partial charge in [0.1, 0.15) is 0 Å². The molecule has 2 atom stereocenters. The summed E-state index contributed by atoms with van der Waals surface area (Å²) in [5.41, 5.74) is 7.95. The van der Waals surface area contributed by atoms with Gasteiger partial charge < -0.3 is 10.0 Å². The standard InChI is InChI=1S/C39H35NO3/c41-37(25-29-18-20-31(21-19-29)33-15-9-16-35(26-33)39(42)43)40(27-30-12-5-2-6-13-30)38-34(24-28-10-3-1-4-11-28)23-22-32-14-7-8-17-36(32)38/h1-21,26,34,38H,22-25,27H2,(H,42,43). The van der Waals surface area contributed by atoms with Gasteiger partial charge in [-0.2, -0.15) is 0 Å². The Morgan fingerprint density at radius 2 is 1.35 bits per heavy atom. The van der Waals surface area contributed by atoms with Crippen LogP contribution in [0.1, 0.15) is 50.6 Å². The Labute approximate surface area is 253 Å². The molecule has 5 aromatic rings. The Hall–Kier alpha value is -4.96. The minimum Gasteiger partial charge on any atom is -0.478 e. The summed E-state index contributed by atoms with van der Waals surface area (Å²) in [6.07, 6.45) is 3.25. The largest absolute Gasteiger partial charge is 0.478 e. The fourth-order valence-corrected chi connectivity index (χ4v) is 6.40. The Morgan fingerprint density at radius 3 is 2.07 bits per heavy atom. The van der Waals surface area contributed by atoms with Gasteiger partial charge in [0.25, 0.3) is 0 Å². The van der Waals surface area contributed by atoms with Gasteiger partial charge in [-0.3, -0.25) is 4.79 Å². The first-order valence-corrected chi connectivity index (χ1v) is 14.9. The minimum atomic E-state index is -0.947. The summed E-state index contributed by atoms with van der Waals surface area (Å²) in [7, 11) is 0. The number of hydrogen-bond donors (Lipinski definition) is 1. The van der Waals surface area contributed by atoms with E-state index >= 15 is 0 Å². The maximum absolute atomic E-state index is 14.4. The third-order valence-electron chi connectivity index (χ3n) is 8.55. The molecule has 43 heavy (non-hydrogen) atoms. The molecule has 0 radical (unpaired) electrons. The van der Waals surface area contributed by atoms with Crippen LogP contribution < -0.4 is 0 Å². The van der Waals surface area contributed by atoms with E-state index in [0.29, 0.717) is 18.9 Å². The highest BCUT2D eigenvalue weighted by molar-refractivity contribution is 5.89. The maximum atomic E-state index is 14.4. The topological polar surface area (TPSA) is 57.6 Å². The molecule has 0 saturated heterocycles. The lowest BCUT2D eigenvalue weighted by molar-refractivity contribution is -0.135. The van der Waals surface area contributed by atoms with Crippen molar-refractivity contribution < 1.29 is 14.7 Å². The van der Waals surface area contributed by atoms with Crippen molar-refractivity contribution in [1.82, 2.24) is 4.90 Å². The van der Waals surface area contributed by atoms with E-state index in [1.807, 2.05) is 48.5 Å². The SMILES string of the molecule is O=C(O)c1cccc(-c2ccc(CC(=O)N(Cc3ccccc3)C3c4ccccc4CCC3Cc3ccccc3)cc2)c1. The fraction of sp³-hybridized carbons (Fsp3) is 0.179. The van der Waals surface area contributed by atoms with Gasteiger partial charge >= 0.3 is 5.97 Å². The smallest absolute Gasteiger partial charge is 0.335 e. The zero-order chi connectivity index (χ0) is 29.6.